The quantitative estimate of drug-likeness (QED) is 0.596. The Balaban J connectivity index is 2.37. The van der Waals surface area contributed by atoms with Crippen LogP contribution in [0.3, 0.4) is 0 Å². The minimum absolute atomic E-state index is 0.0926. The lowest BCUT2D eigenvalue weighted by atomic mass is 10.3. The van der Waals surface area contributed by atoms with Crippen molar-refractivity contribution >= 4 is 10.0 Å². The van der Waals surface area contributed by atoms with Gasteiger partial charge in [-0.15, -0.1) is 0 Å². The summed E-state index contributed by atoms with van der Waals surface area (Å²) < 4.78 is 23.7. The molecule has 1 aliphatic heterocycles. The Morgan fingerprint density at radius 2 is 2.31 bits per heavy atom. The van der Waals surface area contributed by atoms with Crippen LogP contribution in [0, 0.1) is 0 Å². The molecule has 6 heteroatoms. The van der Waals surface area contributed by atoms with Crippen LogP contribution >= 0.6 is 0 Å². The fourth-order valence-corrected chi connectivity index (χ4v) is 2.35. The number of sulfonamides is 1. The highest BCUT2D eigenvalue weighted by Gasteiger charge is 2.27. The number of rotatable bonds is 4. The van der Waals surface area contributed by atoms with Crippen molar-refractivity contribution in [3.63, 3.8) is 0 Å². The fourth-order valence-electron chi connectivity index (χ4n) is 1.46. The third kappa shape index (κ3) is 3.22. The molecule has 1 saturated heterocycles. The van der Waals surface area contributed by atoms with Gasteiger partial charge < -0.3 is 10.4 Å². The van der Waals surface area contributed by atoms with Gasteiger partial charge in [-0.05, 0) is 6.42 Å². The van der Waals surface area contributed by atoms with E-state index in [0.717, 1.165) is 6.42 Å². The van der Waals surface area contributed by atoms with E-state index in [4.69, 9.17) is 5.11 Å². The molecule has 0 saturated carbocycles. The van der Waals surface area contributed by atoms with E-state index in [1.54, 1.807) is 0 Å². The van der Waals surface area contributed by atoms with Crippen molar-refractivity contribution in [2.45, 2.75) is 12.5 Å². The number of aliphatic hydroxyl groups is 1. The summed E-state index contributed by atoms with van der Waals surface area (Å²) >= 11 is 0. The van der Waals surface area contributed by atoms with Crippen LogP contribution in [0.15, 0.2) is 0 Å². The van der Waals surface area contributed by atoms with E-state index in [-0.39, 0.29) is 12.6 Å². The lowest BCUT2D eigenvalue weighted by molar-refractivity contribution is 0.285. The van der Waals surface area contributed by atoms with Crippen LogP contribution in [0.2, 0.25) is 0 Å². The van der Waals surface area contributed by atoms with Gasteiger partial charge >= 0.3 is 0 Å². The molecule has 78 valence electrons. The highest BCUT2D eigenvalue weighted by molar-refractivity contribution is 7.88. The van der Waals surface area contributed by atoms with Gasteiger partial charge in [0.1, 0.15) is 0 Å². The SMILES string of the molecule is CS(=O)(=O)N1CCC(NCCO)C1. The summed E-state index contributed by atoms with van der Waals surface area (Å²) in [7, 11) is -3.03. The van der Waals surface area contributed by atoms with Crippen LogP contribution in [0.4, 0.5) is 0 Å². The first-order valence-corrected chi connectivity index (χ1v) is 6.18. The number of nitrogens with zero attached hydrogens (tertiary/aromatic N) is 1. The van der Waals surface area contributed by atoms with Gasteiger partial charge in [-0.25, -0.2) is 12.7 Å². The summed E-state index contributed by atoms with van der Waals surface area (Å²) in [6.07, 6.45) is 2.05. The normalized spacial score (nSPS) is 25.2. The van der Waals surface area contributed by atoms with Crippen molar-refractivity contribution < 1.29 is 13.5 Å². The Morgan fingerprint density at radius 1 is 1.62 bits per heavy atom. The van der Waals surface area contributed by atoms with E-state index in [2.05, 4.69) is 5.32 Å². The molecule has 1 heterocycles. The van der Waals surface area contributed by atoms with E-state index in [1.807, 2.05) is 0 Å². The van der Waals surface area contributed by atoms with Crippen molar-refractivity contribution in [2.24, 2.45) is 0 Å². The molecule has 1 fully saturated rings. The predicted molar refractivity (Wildman–Crippen MR) is 49.9 cm³/mol. The summed E-state index contributed by atoms with van der Waals surface area (Å²) in [5, 5.41) is 11.6. The molecule has 1 unspecified atom stereocenters. The maximum Gasteiger partial charge on any atom is 0.211 e. The highest BCUT2D eigenvalue weighted by Crippen LogP contribution is 2.11. The van der Waals surface area contributed by atoms with Gasteiger partial charge in [0.25, 0.3) is 0 Å². The minimum atomic E-state index is -3.03. The summed E-state index contributed by atoms with van der Waals surface area (Å²) in [4.78, 5) is 0. The topological polar surface area (TPSA) is 69.6 Å². The highest BCUT2D eigenvalue weighted by atomic mass is 32.2. The maximum absolute atomic E-state index is 11.1. The first-order valence-electron chi connectivity index (χ1n) is 4.33. The van der Waals surface area contributed by atoms with Crippen LogP contribution < -0.4 is 5.32 Å². The molecule has 0 aromatic rings. The molecule has 13 heavy (non-hydrogen) atoms. The average Bonchev–Trinajstić information content (AvgIpc) is 2.47. The average molecular weight is 208 g/mol. The largest absolute Gasteiger partial charge is 0.395 e. The van der Waals surface area contributed by atoms with E-state index < -0.39 is 10.0 Å². The molecule has 0 aliphatic carbocycles. The Bertz CT molecular complexity index is 252. The third-order valence-electron chi connectivity index (χ3n) is 2.16. The first kappa shape index (κ1) is 10.9. The van der Waals surface area contributed by atoms with Gasteiger partial charge in [0.05, 0.1) is 12.9 Å². The third-order valence-corrected chi connectivity index (χ3v) is 3.43. The molecule has 0 amide bonds. The summed E-state index contributed by atoms with van der Waals surface area (Å²) in [5.41, 5.74) is 0. The predicted octanol–water partition coefficient (Wildman–Crippen LogP) is -1.40. The standard InChI is InChI=1S/C7H16N2O3S/c1-13(11,12)9-4-2-7(6-9)8-3-5-10/h7-8,10H,2-6H2,1H3. The maximum atomic E-state index is 11.1. The molecule has 1 atom stereocenters. The van der Waals surface area contributed by atoms with Gasteiger partial charge in [0.15, 0.2) is 0 Å². The van der Waals surface area contributed by atoms with Gasteiger partial charge in [0.2, 0.25) is 10.0 Å². The molecule has 0 aromatic heterocycles. The van der Waals surface area contributed by atoms with E-state index >= 15 is 0 Å². The number of aliphatic hydroxyl groups excluding tert-OH is 1. The zero-order chi connectivity index (χ0) is 9.90. The Labute approximate surface area is 78.8 Å². The Kier molecular flexibility index (Phi) is 3.66. The molecule has 1 aliphatic rings. The number of hydrogen-bond donors (Lipinski definition) is 2. The minimum Gasteiger partial charge on any atom is -0.395 e. The van der Waals surface area contributed by atoms with E-state index in [1.165, 1.54) is 10.6 Å². The van der Waals surface area contributed by atoms with Crippen LogP contribution in [-0.2, 0) is 10.0 Å². The zero-order valence-electron chi connectivity index (χ0n) is 7.73. The Morgan fingerprint density at radius 3 is 2.77 bits per heavy atom. The molecule has 0 aromatic carbocycles. The lowest BCUT2D eigenvalue weighted by Gasteiger charge is -2.13. The van der Waals surface area contributed by atoms with Crippen molar-refractivity contribution in [3.05, 3.63) is 0 Å². The lowest BCUT2D eigenvalue weighted by Crippen LogP contribution is -2.35. The van der Waals surface area contributed by atoms with Crippen LogP contribution in [0.5, 0.6) is 0 Å². The van der Waals surface area contributed by atoms with Crippen LogP contribution in [0.25, 0.3) is 0 Å². The number of nitrogens with one attached hydrogen (secondary N) is 1. The summed E-state index contributed by atoms with van der Waals surface area (Å²) in [5.74, 6) is 0. The Hall–Kier alpha value is -0.170. The van der Waals surface area contributed by atoms with E-state index in [9.17, 15) is 8.42 Å². The smallest absolute Gasteiger partial charge is 0.211 e. The molecule has 0 spiro atoms. The van der Waals surface area contributed by atoms with Gasteiger partial charge in [-0.1, -0.05) is 0 Å². The van der Waals surface area contributed by atoms with Crippen LogP contribution in [-0.4, -0.2) is 56.4 Å². The first-order chi connectivity index (χ1) is 6.04. The van der Waals surface area contributed by atoms with Crippen molar-refractivity contribution in [3.8, 4) is 0 Å². The van der Waals surface area contributed by atoms with Crippen LogP contribution in [0.1, 0.15) is 6.42 Å². The summed E-state index contributed by atoms with van der Waals surface area (Å²) in [6.45, 7) is 1.73. The van der Waals surface area contributed by atoms with Gasteiger partial charge in [0, 0.05) is 25.7 Å². The van der Waals surface area contributed by atoms with Crippen molar-refractivity contribution in [2.75, 3.05) is 32.5 Å². The van der Waals surface area contributed by atoms with Gasteiger partial charge in [-0.3, -0.25) is 0 Å². The van der Waals surface area contributed by atoms with Crippen molar-refractivity contribution in [1.82, 2.24) is 9.62 Å². The number of hydrogen-bond acceptors (Lipinski definition) is 4. The molecular formula is C7H16N2O3S. The second kappa shape index (κ2) is 4.36. The molecule has 0 bridgehead atoms. The van der Waals surface area contributed by atoms with E-state index in [0.29, 0.717) is 19.6 Å². The molecule has 5 nitrogen and oxygen atoms in total. The van der Waals surface area contributed by atoms with Crippen molar-refractivity contribution in [1.29, 1.82) is 0 Å². The monoisotopic (exact) mass is 208 g/mol. The fraction of sp³-hybridized carbons (Fsp3) is 1.00. The second-order valence-corrected chi connectivity index (χ2v) is 5.27. The molecule has 2 N–H and O–H groups in total. The van der Waals surface area contributed by atoms with Gasteiger partial charge in [-0.2, -0.15) is 0 Å². The second-order valence-electron chi connectivity index (χ2n) is 3.28. The summed E-state index contributed by atoms with van der Waals surface area (Å²) in [6, 6.07) is 0.196. The zero-order valence-corrected chi connectivity index (χ0v) is 8.55. The molecule has 1 rings (SSSR count). The molecular weight excluding hydrogens is 192 g/mol. The molecule has 0 radical (unpaired) electrons.